The van der Waals surface area contributed by atoms with Crippen LogP contribution in [0.1, 0.15) is 35.7 Å². The normalized spacial score (nSPS) is 13.9. The van der Waals surface area contributed by atoms with Gasteiger partial charge in [-0.2, -0.15) is 5.26 Å². The quantitative estimate of drug-likeness (QED) is 0.553. The van der Waals surface area contributed by atoms with Crippen molar-refractivity contribution in [3.8, 4) is 11.8 Å². The third kappa shape index (κ3) is 4.79. The van der Waals surface area contributed by atoms with E-state index < -0.39 is 5.97 Å². The molecule has 0 aliphatic carbocycles. The van der Waals surface area contributed by atoms with Gasteiger partial charge in [-0.25, -0.2) is 4.79 Å². The van der Waals surface area contributed by atoms with Crippen molar-refractivity contribution in [2.75, 3.05) is 37.0 Å². The molecular weight excluding hydrogens is 432 g/mol. The minimum Gasteiger partial charge on any atom is -0.497 e. The molecule has 1 aromatic heterocycles. The highest BCUT2D eigenvalue weighted by Gasteiger charge is 2.27. The fourth-order valence-electron chi connectivity index (χ4n) is 4.26. The number of ether oxygens (including phenoxy) is 2. The number of esters is 1. The van der Waals surface area contributed by atoms with Crippen molar-refractivity contribution in [1.82, 2.24) is 4.98 Å². The highest BCUT2D eigenvalue weighted by Crippen LogP contribution is 2.34. The Morgan fingerprint density at radius 2 is 2.00 bits per heavy atom. The number of methoxy groups -OCH3 is 1. The van der Waals surface area contributed by atoms with E-state index in [4.69, 9.17) is 9.47 Å². The zero-order chi connectivity index (χ0) is 24.1. The van der Waals surface area contributed by atoms with Gasteiger partial charge in [0.25, 0.3) is 0 Å². The van der Waals surface area contributed by atoms with Crippen molar-refractivity contribution >= 4 is 34.2 Å². The van der Waals surface area contributed by atoms with Gasteiger partial charge in [0.1, 0.15) is 11.8 Å². The molecule has 0 unspecified atom stereocenters. The van der Waals surface area contributed by atoms with Crippen LogP contribution >= 0.6 is 0 Å². The van der Waals surface area contributed by atoms with Crippen LogP contribution in [0.4, 0.5) is 11.4 Å². The second-order valence-corrected chi connectivity index (χ2v) is 8.07. The molecule has 0 radical (unpaired) electrons. The van der Waals surface area contributed by atoms with E-state index >= 15 is 0 Å². The predicted octanol–water partition coefficient (Wildman–Crippen LogP) is 4.15. The molecule has 34 heavy (non-hydrogen) atoms. The number of nitrogens with zero attached hydrogens (tertiary/aromatic N) is 3. The van der Waals surface area contributed by atoms with Crippen LogP contribution in [0.3, 0.4) is 0 Å². The van der Waals surface area contributed by atoms with Gasteiger partial charge in [-0.05, 0) is 56.2 Å². The second-order valence-electron chi connectivity index (χ2n) is 8.07. The van der Waals surface area contributed by atoms with Crippen molar-refractivity contribution in [2.24, 2.45) is 5.92 Å². The molecule has 1 aliphatic heterocycles. The molecule has 1 aliphatic rings. The average molecular weight is 459 g/mol. The number of pyridine rings is 1. The van der Waals surface area contributed by atoms with Crippen LogP contribution in [-0.2, 0) is 9.53 Å². The number of rotatable bonds is 6. The summed E-state index contributed by atoms with van der Waals surface area (Å²) in [5.41, 5.74) is 3.08. The topological polar surface area (TPSA) is 105 Å². The highest BCUT2D eigenvalue weighted by molar-refractivity contribution is 5.97. The lowest BCUT2D eigenvalue weighted by Crippen LogP contribution is -2.38. The third-order valence-corrected chi connectivity index (χ3v) is 5.99. The summed E-state index contributed by atoms with van der Waals surface area (Å²) in [6, 6.07) is 14.6. The summed E-state index contributed by atoms with van der Waals surface area (Å²) in [5, 5.41) is 13.5. The van der Waals surface area contributed by atoms with Gasteiger partial charge >= 0.3 is 5.97 Å². The Bertz CT molecular complexity index is 1260. The first-order valence-electron chi connectivity index (χ1n) is 11.2. The van der Waals surface area contributed by atoms with Gasteiger partial charge in [-0.1, -0.05) is 6.07 Å². The summed E-state index contributed by atoms with van der Waals surface area (Å²) < 4.78 is 10.4. The largest absolute Gasteiger partial charge is 0.497 e. The fourth-order valence-corrected chi connectivity index (χ4v) is 4.26. The number of hydrogen-bond donors (Lipinski definition) is 1. The van der Waals surface area contributed by atoms with Crippen molar-refractivity contribution in [3.63, 3.8) is 0 Å². The Morgan fingerprint density at radius 3 is 2.71 bits per heavy atom. The standard InChI is InChI=1S/C26H26N4O4/c1-3-34-26(32)18-5-4-6-20(13-18)29-25(31)17-9-11-30(12-10-17)24-19(15-27)16-28-23-8-7-21(33-2)14-22(23)24/h4-8,13-14,16-17H,3,9-12H2,1-2H3,(H,29,31). The van der Waals surface area contributed by atoms with Gasteiger partial charge in [0.05, 0.1) is 36.0 Å². The molecule has 0 bridgehead atoms. The Hall–Kier alpha value is -4.12. The van der Waals surface area contributed by atoms with Crippen molar-refractivity contribution < 1.29 is 19.1 Å². The molecule has 1 N–H and O–H groups in total. The molecule has 2 heterocycles. The van der Waals surface area contributed by atoms with E-state index in [0.29, 0.717) is 55.1 Å². The van der Waals surface area contributed by atoms with E-state index in [1.165, 1.54) is 0 Å². The minimum atomic E-state index is -0.415. The van der Waals surface area contributed by atoms with E-state index in [9.17, 15) is 14.9 Å². The summed E-state index contributed by atoms with van der Waals surface area (Å²) in [6.45, 7) is 3.31. The number of piperidine rings is 1. The Morgan fingerprint density at radius 1 is 1.21 bits per heavy atom. The first-order valence-corrected chi connectivity index (χ1v) is 11.2. The number of hydrogen-bond acceptors (Lipinski definition) is 7. The monoisotopic (exact) mass is 458 g/mol. The SMILES string of the molecule is CCOC(=O)c1cccc(NC(=O)C2CCN(c3c(C#N)cnc4ccc(OC)cc34)CC2)c1. The maximum absolute atomic E-state index is 12.9. The zero-order valence-corrected chi connectivity index (χ0v) is 19.2. The maximum Gasteiger partial charge on any atom is 0.338 e. The molecule has 1 fully saturated rings. The number of benzene rings is 2. The van der Waals surface area contributed by atoms with Crippen LogP contribution in [0.5, 0.6) is 5.75 Å². The Labute approximate surface area is 198 Å². The number of fused-ring (bicyclic) bond motifs is 1. The van der Waals surface area contributed by atoms with Gasteiger partial charge in [-0.3, -0.25) is 9.78 Å². The van der Waals surface area contributed by atoms with Crippen LogP contribution in [-0.4, -0.2) is 43.7 Å². The molecule has 3 aromatic rings. The first kappa shape index (κ1) is 23.1. The smallest absolute Gasteiger partial charge is 0.338 e. The van der Waals surface area contributed by atoms with Crippen LogP contribution in [0.25, 0.3) is 10.9 Å². The van der Waals surface area contributed by atoms with Crippen molar-refractivity contribution in [2.45, 2.75) is 19.8 Å². The molecule has 2 aromatic carbocycles. The number of anilines is 2. The molecule has 1 amide bonds. The highest BCUT2D eigenvalue weighted by atomic mass is 16.5. The second kappa shape index (κ2) is 10.2. The maximum atomic E-state index is 12.9. The lowest BCUT2D eigenvalue weighted by molar-refractivity contribution is -0.120. The van der Waals surface area contributed by atoms with E-state index in [0.717, 1.165) is 16.6 Å². The molecule has 8 nitrogen and oxygen atoms in total. The number of nitriles is 1. The minimum absolute atomic E-state index is 0.0811. The number of amides is 1. The lowest BCUT2D eigenvalue weighted by Gasteiger charge is -2.34. The van der Waals surface area contributed by atoms with Crippen LogP contribution in [0, 0.1) is 17.2 Å². The van der Waals surface area contributed by atoms with E-state index in [1.54, 1.807) is 44.5 Å². The molecule has 4 rings (SSSR count). The summed E-state index contributed by atoms with van der Waals surface area (Å²) >= 11 is 0. The Kier molecular flexibility index (Phi) is 6.93. The van der Waals surface area contributed by atoms with Gasteiger partial charge in [-0.15, -0.1) is 0 Å². The average Bonchev–Trinajstić information content (AvgIpc) is 2.88. The third-order valence-electron chi connectivity index (χ3n) is 5.99. The van der Waals surface area contributed by atoms with Gasteiger partial charge in [0.15, 0.2) is 0 Å². The van der Waals surface area contributed by atoms with Gasteiger partial charge in [0, 0.05) is 36.3 Å². The molecule has 174 valence electrons. The van der Waals surface area contributed by atoms with E-state index in [-0.39, 0.29) is 11.8 Å². The number of nitrogens with one attached hydrogen (secondary N) is 1. The van der Waals surface area contributed by atoms with Gasteiger partial charge < -0.3 is 19.7 Å². The lowest BCUT2D eigenvalue weighted by atomic mass is 9.94. The predicted molar refractivity (Wildman–Crippen MR) is 129 cm³/mol. The molecule has 0 saturated carbocycles. The van der Waals surface area contributed by atoms with E-state index in [2.05, 4.69) is 21.3 Å². The van der Waals surface area contributed by atoms with E-state index in [1.807, 2.05) is 18.2 Å². The number of aromatic nitrogens is 1. The molecule has 8 heteroatoms. The van der Waals surface area contributed by atoms with Crippen LogP contribution in [0.15, 0.2) is 48.7 Å². The van der Waals surface area contributed by atoms with Crippen molar-refractivity contribution in [1.29, 1.82) is 5.26 Å². The van der Waals surface area contributed by atoms with Gasteiger partial charge in [0.2, 0.25) is 5.91 Å². The molecule has 0 spiro atoms. The summed E-state index contributed by atoms with van der Waals surface area (Å²) in [5.74, 6) is 0.0319. The summed E-state index contributed by atoms with van der Waals surface area (Å²) in [6.07, 6.45) is 2.88. The van der Waals surface area contributed by atoms with Crippen LogP contribution < -0.4 is 15.0 Å². The summed E-state index contributed by atoms with van der Waals surface area (Å²) in [7, 11) is 1.61. The molecular formula is C26H26N4O4. The molecule has 1 saturated heterocycles. The molecule has 0 atom stereocenters. The fraction of sp³-hybridized carbons (Fsp3) is 0.308. The zero-order valence-electron chi connectivity index (χ0n) is 19.2. The Balaban J connectivity index is 1.47. The van der Waals surface area contributed by atoms with Crippen molar-refractivity contribution in [3.05, 3.63) is 59.8 Å². The first-order chi connectivity index (χ1) is 16.5. The summed E-state index contributed by atoms with van der Waals surface area (Å²) in [4.78, 5) is 31.4. The van der Waals surface area contributed by atoms with Crippen LogP contribution in [0.2, 0.25) is 0 Å². The number of carbonyl (C=O) groups excluding carboxylic acids is 2. The number of carbonyl (C=O) groups is 2.